The summed E-state index contributed by atoms with van der Waals surface area (Å²) in [6.45, 7) is 2.62. The second-order valence-electron chi connectivity index (χ2n) is 8.42. The summed E-state index contributed by atoms with van der Waals surface area (Å²) in [5.41, 5.74) is 3.63. The molecule has 0 radical (unpaired) electrons. The molecule has 1 atom stereocenters. The van der Waals surface area contributed by atoms with Gasteiger partial charge in [-0.25, -0.2) is 0 Å². The summed E-state index contributed by atoms with van der Waals surface area (Å²) in [7, 11) is 1.61. The van der Waals surface area contributed by atoms with Crippen LogP contribution in [0.4, 0.5) is 11.4 Å². The van der Waals surface area contributed by atoms with Crippen LogP contribution in [0.3, 0.4) is 0 Å². The second kappa shape index (κ2) is 11.0. The van der Waals surface area contributed by atoms with Gasteiger partial charge in [-0.2, -0.15) is 0 Å². The van der Waals surface area contributed by atoms with Gasteiger partial charge in [0.15, 0.2) is 0 Å². The van der Waals surface area contributed by atoms with Crippen LogP contribution in [-0.2, 0) is 11.3 Å². The number of rotatable bonds is 8. The minimum atomic E-state index is -0.558. The van der Waals surface area contributed by atoms with E-state index in [4.69, 9.17) is 4.74 Å². The summed E-state index contributed by atoms with van der Waals surface area (Å²) in [4.78, 5) is 15.7. The summed E-state index contributed by atoms with van der Waals surface area (Å²) < 4.78 is 5.27. The van der Waals surface area contributed by atoms with Gasteiger partial charge in [0.2, 0.25) is 0 Å². The molecule has 33 heavy (non-hydrogen) atoms. The molecule has 3 aromatic rings. The Morgan fingerprint density at radius 2 is 1.73 bits per heavy atom. The Morgan fingerprint density at radius 1 is 1.00 bits per heavy atom. The highest BCUT2D eigenvalue weighted by atomic mass is 16.5. The molecular weight excluding hydrogens is 414 g/mol. The average Bonchev–Trinajstić information content (AvgIpc) is 2.85. The molecule has 3 aromatic carbocycles. The molecule has 3 N–H and O–H groups in total. The molecule has 1 heterocycles. The maximum Gasteiger partial charge on any atom is 0.251 e. The van der Waals surface area contributed by atoms with E-state index in [1.54, 1.807) is 13.2 Å². The van der Waals surface area contributed by atoms with E-state index in [1.165, 1.54) is 5.56 Å². The molecule has 1 saturated heterocycles. The van der Waals surface area contributed by atoms with Gasteiger partial charge < -0.3 is 20.5 Å². The fraction of sp³-hybridized carbons (Fsp3) is 0.296. The molecule has 172 valence electrons. The lowest BCUT2D eigenvalue weighted by molar-refractivity contribution is -0.117. The molecule has 1 amide bonds. The largest absolute Gasteiger partial charge is 0.497 e. The summed E-state index contributed by atoms with van der Waals surface area (Å²) in [6.07, 6.45) is 1.46. The van der Waals surface area contributed by atoms with Gasteiger partial charge in [-0.1, -0.05) is 48.5 Å². The van der Waals surface area contributed by atoms with E-state index in [-0.39, 0.29) is 12.0 Å². The van der Waals surface area contributed by atoms with Crippen molar-refractivity contribution in [2.24, 2.45) is 0 Å². The number of piperidine rings is 1. The first-order chi connectivity index (χ1) is 16.1. The lowest BCUT2D eigenvalue weighted by Gasteiger charge is -2.29. The second-order valence-corrected chi connectivity index (χ2v) is 8.42. The van der Waals surface area contributed by atoms with Crippen molar-refractivity contribution in [2.45, 2.75) is 31.5 Å². The van der Waals surface area contributed by atoms with E-state index in [0.29, 0.717) is 11.4 Å². The quantitative estimate of drug-likeness (QED) is 0.478. The number of likely N-dealkylation sites (tertiary alicyclic amines) is 1. The van der Waals surface area contributed by atoms with Crippen LogP contribution < -0.4 is 15.4 Å². The Balaban J connectivity index is 1.50. The van der Waals surface area contributed by atoms with Gasteiger partial charge in [0, 0.05) is 37.1 Å². The number of carbonyl (C=O) groups is 1. The van der Waals surface area contributed by atoms with E-state index in [0.717, 1.165) is 43.7 Å². The monoisotopic (exact) mass is 445 g/mol. The van der Waals surface area contributed by atoms with Crippen LogP contribution in [0.15, 0.2) is 78.9 Å². The maximum atomic E-state index is 13.3. The molecule has 0 aliphatic carbocycles. The fourth-order valence-electron chi connectivity index (χ4n) is 4.12. The van der Waals surface area contributed by atoms with Crippen LogP contribution in [0.1, 0.15) is 30.0 Å². The molecule has 0 saturated carbocycles. The summed E-state index contributed by atoms with van der Waals surface area (Å²) >= 11 is 0. The number of anilines is 2. The van der Waals surface area contributed by atoms with Crippen molar-refractivity contribution in [1.82, 2.24) is 4.90 Å². The van der Waals surface area contributed by atoms with E-state index in [1.807, 2.05) is 60.7 Å². The van der Waals surface area contributed by atoms with Crippen LogP contribution >= 0.6 is 0 Å². The SMILES string of the molecule is COc1cccc(NC(=O)C(Nc2cccc(CN3CCC(O)CC3)c2)c2ccccc2)c1. The molecule has 0 spiro atoms. The van der Waals surface area contributed by atoms with Crippen LogP contribution in [0.5, 0.6) is 5.75 Å². The first-order valence-corrected chi connectivity index (χ1v) is 11.4. The number of aliphatic hydroxyl groups is 1. The number of hydrogen-bond donors (Lipinski definition) is 3. The van der Waals surface area contributed by atoms with Gasteiger partial charge in [-0.15, -0.1) is 0 Å². The van der Waals surface area contributed by atoms with Gasteiger partial charge in [-0.3, -0.25) is 9.69 Å². The molecule has 4 rings (SSSR count). The van der Waals surface area contributed by atoms with E-state index >= 15 is 0 Å². The topological polar surface area (TPSA) is 73.8 Å². The van der Waals surface area contributed by atoms with Gasteiger partial charge in [0.25, 0.3) is 5.91 Å². The Hall–Kier alpha value is -3.35. The lowest BCUT2D eigenvalue weighted by atomic mass is 10.0. The smallest absolute Gasteiger partial charge is 0.251 e. The molecule has 6 nitrogen and oxygen atoms in total. The molecule has 0 aromatic heterocycles. The number of amides is 1. The van der Waals surface area contributed by atoms with Crippen molar-refractivity contribution in [3.8, 4) is 5.75 Å². The van der Waals surface area contributed by atoms with Crippen LogP contribution in [0, 0.1) is 0 Å². The zero-order valence-electron chi connectivity index (χ0n) is 18.9. The Morgan fingerprint density at radius 3 is 2.48 bits per heavy atom. The molecule has 0 bridgehead atoms. The standard InChI is InChI=1S/C27H31N3O3/c1-33-25-12-6-11-23(18-25)29-27(32)26(21-8-3-2-4-9-21)28-22-10-5-7-20(17-22)19-30-15-13-24(31)14-16-30/h2-12,17-18,24,26,28,31H,13-16,19H2,1H3,(H,29,32). The first-order valence-electron chi connectivity index (χ1n) is 11.4. The normalized spacial score (nSPS) is 15.6. The zero-order chi connectivity index (χ0) is 23.0. The van der Waals surface area contributed by atoms with E-state index < -0.39 is 6.04 Å². The Labute approximate surface area is 195 Å². The van der Waals surface area contributed by atoms with Crippen molar-refractivity contribution >= 4 is 17.3 Å². The van der Waals surface area contributed by atoms with Crippen molar-refractivity contribution in [2.75, 3.05) is 30.8 Å². The minimum Gasteiger partial charge on any atom is -0.497 e. The third-order valence-corrected chi connectivity index (χ3v) is 5.93. The fourth-order valence-corrected chi connectivity index (χ4v) is 4.12. The Kier molecular flexibility index (Phi) is 7.60. The summed E-state index contributed by atoms with van der Waals surface area (Å²) in [5.74, 6) is 0.542. The number of nitrogens with zero attached hydrogens (tertiary/aromatic N) is 1. The van der Waals surface area contributed by atoms with Crippen molar-refractivity contribution in [3.05, 3.63) is 90.0 Å². The Bertz CT molecular complexity index is 1050. The van der Waals surface area contributed by atoms with E-state index in [2.05, 4.69) is 27.7 Å². The predicted octanol–water partition coefficient (Wildman–Crippen LogP) is 4.44. The summed E-state index contributed by atoms with van der Waals surface area (Å²) in [6, 6.07) is 24.7. The highest BCUT2D eigenvalue weighted by Gasteiger charge is 2.21. The van der Waals surface area contributed by atoms with E-state index in [9.17, 15) is 9.90 Å². The predicted molar refractivity (Wildman–Crippen MR) is 131 cm³/mol. The molecule has 6 heteroatoms. The van der Waals surface area contributed by atoms with Crippen LogP contribution in [-0.4, -0.2) is 42.2 Å². The number of ether oxygens (including phenoxy) is 1. The van der Waals surface area contributed by atoms with Crippen LogP contribution in [0.2, 0.25) is 0 Å². The minimum absolute atomic E-state index is 0.148. The molecular formula is C27H31N3O3. The van der Waals surface area contributed by atoms with Gasteiger partial charge in [-0.05, 0) is 48.2 Å². The van der Waals surface area contributed by atoms with Gasteiger partial charge in [0.1, 0.15) is 11.8 Å². The molecule has 1 aliphatic rings. The number of hydrogen-bond acceptors (Lipinski definition) is 5. The van der Waals surface area contributed by atoms with Crippen LogP contribution in [0.25, 0.3) is 0 Å². The van der Waals surface area contributed by atoms with Crippen molar-refractivity contribution in [3.63, 3.8) is 0 Å². The highest BCUT2D eigenvalue weighted by Crippen LogP contribution is 2.24. The number of nitrogens with one attached hydrogen (secondary N) is 2. The van der Waals surface area contributed by atoms with Gasteiger partial charge in [0.05, 0.1) is 13.2 Å². The molecule has 1 aliphatic heterocycles. The zero-order valence-corrected chi connectivity index (χ0v) is 18.9. The molecule has 1 fully saturated rings. The molecule has 1 unspecified atom stereocenters. The first kappa shape index (κ1) is 22.8. The lowest BCUT2D eigenvalue weighted by Crippen LogP contribution is -2.35. The van der Waals surface area contributed by atoms with Crippen molar-refractivity contribution < 1.29 is 14.6 Å². The summed E-state index contributed by atoms with van der Waals surface area (Å²) in [5, 5.41) is 16.2. The number of benzene rings is 3. The van der Waals surface area contributed by atoms with Crippen molar-refractivity contribution in [1.29, 1.82) is 0 Å². The van der Waals surface area contributed by atoms with Gasteiger partial charge >= 0.3 is 0 Å². The highest BCUT2D eigenvalue weighted by molar-refractivity contribution is 5.97. The third kappa shape index (κ3) is 6.34. The number of carbonyl (C=O) groups excluding carboxylic acids is 1. The number of aliphatic hydroxyl groups excluding tert-OH is 1. The third-order valence-electron chi connectivity index (χ3n) is 5.93. The number of methoxy groups -OCH3 is 1. The maximum absolute atomic E-state index is 13.3. The average molecular weight is 446 g/mol.